The third kappa shape index (κ3) is 7.85. The number of benzene rings is 1. The maximum atomic E-state index is 11.4. The Bertz CT molecular complexity index is 566. The standard InChI is InChI=1S/C11H21NO2.C7H7NO2/c1-8-5-6-9(7-8)12-10(13)14-11(2,3)4;8-7(10)5-2-1-3-6(9)4-5/h8-9H,5-7H2,1-4H3,(H,12,13);1-4,9H,(H2,8,10)/t8-,9+;/m0./s1. The molecule has 134 valence electrons. The molecular weight excluding hydrogens is 308 g/mol. The highest BCUT2D eigenvalue weighted by Gasteiger charge is 2.24. The summed E-state index contributed by atoms with van der Waals surface area (Å²) in [5.74, 6) is 0.252. The highest BCUT2D eigenvalue weighted by atomic mass is 16.6. The van der Waals surface area contributed by atoms with Gasteiger partial charge in [-0.25, -0.2) is 4.79 Å². The summed E-state index contributed by atoms with van der Waals surface area (Å²) in [6.45, 7) is 7.86. The van der Waals surface area contributed by atoms with E-state index in [0.29, 0.717) is 11.6 Å². The third-order valence-electron chi connectivity index (χ3n) is 3.55. The molecule has 1 aromatic carbocycles. The molecule has 2 rings (SSSR count). The quantitative estimate of drug-likeness (QED) is 0.772. The fraction of sp³-hybridized carbons (Fsp3) is 0.556. The lowest BCUT2D eigenvalue weighted by Gasteiger charge is -2.21. The number of hydrogen-bond acceptors (Lipinski definition) is 4. The van der Waals surface area contributed by atoms with Crippen molar-refractivity contribution in [3.63, 3.8) is 0 Å². The Kier molecular flexibility index (Phi) is 7.07. The van der Waals surface area contributed by atoms with Gasteiger partial charge in [-0.3, -0.25) is 4.79 Å². The van der Waals surface area contributed by atoms with Crippen LogP contribution in [-0.2, 0) is 4.74 Å². The Balaban J connectivity index is 0.000000254. The zero-order valence-electron chi connectivity index (χ0n) is 14.8. The van der Waals surface area contributed by atoms with Crippen molar-refractivity contribution >= 4 is 12.0 Å². The largest absolute Gasteiger partial charge is 0.508 e. The number of nitrogens with two attached hydrogens (primary N) is 1. The van der Waals surface area contributed by atoms with E-state index in [4.69, 9.17) is 15.6 Å². The summed E-state index contributed by atoms with van der Waals surface area (Å²) < 4.78 is 5.18. The van der Waals surface area contributed by atoms with E-state index in [2.05, 4.69) is 12.2 Å². The van der Waals surface area contributed by atoms with Gasteiger partial charge in [-0.05, 0) is 64.2 Å². The predicted molar refractivity (Wildman–Crippen MR) is 92.8 cm³/mol. The number of phenols is 1. The molecule has 24 heavy (non-hydrogen) atoms. The fourth-order valence-electron chi connectivity index (χ4n) is 2.47. The third-order valence-corrected chi connectivity index (χ3v) is 3.55. The molecule has 0 heterocycles. The predicted octanol–water partition coefficient (Wildman–Crippen LogP) is 3.19. The maximum absolute atomic E-state index is 11.4. The number of carbonyl (C=O) groups excluding carboxylic acids is 2. The topological polar surface area (TPSA) is 102 Å². The van der Waals surface area contributed by atoms with E-state index in [9.17, 15) is 9.59 Å². The zero-order valence-corrected chi connectivity index (χ0v) is 14.8. The maximum Gasteiger partial charge on any atom is 0.407 e. The number of rotatable bonds is 2. The molecule has 2 amide bonds. The second-order valence-corrected chi connectivity index (χ2v) is 7.18. The molecule has 1 aromatic rings. The minimum atomic E-state index is -0.532. The van der Waals surface area contributed by atoms with Gasteiger partial charge in [-0.1, -0.05) is 13.0 Å². The van der Waals surface area contributed by atoms with E-state index in [0.717, 1.165) is 18.8 Å². The van der Waals surface area contributed by atoms with Crippen LogP contribution in [0, 0.1) is 5.92 Å². The summed E-state index contributed by atoms with van der Waals surface area (Å²) in [6.07, 6.45) is 3.09. The number of primary amides is 1. The van der Waals surface area contributed by atoms with Crippen molar-refractivity contribution in [1.29, 1.82) is 0 Å². The number of alkyl carbamates (subject to hydrolysis) is 1. The highest BCUT2D eigenvalue weighted by molar-refractivity contribution is 5.93. The summed E-state index contributed by atoms with van der Waals surface area (Å²) in [4.78, 5) is 21.9. The molecule has 0 radical (unpaired) electrons. The molecule has 1 saturated carbocycles. The molecule has 1 aliphatic carbocycles. The number of nitrogens with one attached hydrogen (secondary N) is 1. The Morgan fingerprint density at radius 1 is 1.29 bits per heavy atom. The molecule has 0 spiro atoms. The van der Waals surface area contributed by atoms with Crippen LogP contribution in [0.2, 0.25) is 0 Å². The van der Waals surface area contributed by atoms with Crippen molar-refractivity contribution in [3.8, 4) is 5.75 Å². The van der Waals surface area contributed by atoms with Crippen LogP contribution < -0.4 is 11.1 Å². The molecule has 0 saturated heterocycles. The monoisotopic (exact) mass is 336 g/mol. The minimum Gasteiger partial charge on any atom is -0.508 e. The summed E-state index contributed by atoms with van der Waals surface area (Å²) >= 11 is 0. The number of hydrogen-bond donors (Lipinski definition) is 3. The van der Waals surface area contributed by atoms with Gasteiger partial charge in [0.25, 0.3) is 0 Å². The van der Waals surface area contributed by atoms with Crippen LogP contribution in [0.25, 0.3) is 0 Å². The smallest absolute Gasteiger partial charge is 0.407 e. The van der Waals surface area contributed by atoms with Gasteiger partial charge in [0.2, 0.25) is 5.91 Å². The average molecular weight is 336 g/mol. The summed E-state index contributed by atoms with van der Waals surface area (Å²) in [6, 6.07) is 6.23. The molecule has 0 aromatic heterocycles. The molecule has 0 unspecified atom stereocenters. The van der Waals surface area contributed by atoms with E-state index >= 15 is 0 Å². The molecule has 4 N–H and O–H groups in total. The van der Waals surface area contributed by atoms with Gasteiger partial charge in [-0.2, -0.15) is 0 Å². The first kappa shape index (κ1) is 19.8. The lowest BCUT2D eigenvalue weighted by Crippen LogP contribution is -2.37. The van der Waals surface area contributed by atoms with Gasteiger partial charge < -0.3 is 20.9 Å². The number of ether oxygens (including phenoxy) is 1. The highest BCUT2D eigenvalue weighted by Crippen LogP contribution is 2.24. The van der Waals surface area contributed by atoms with E-state index in [-0.39, 0.29) is 11.8 Å². The van der Waals surface area contributed by atoms with Gasteiger partial charge in [-0.15, -0.1) is 0 Å². The minimum absolute atomic E-state index is 0.0521. The van der Waals surface area contributed by atoms with Gasteiger partial charge >= 0.3 is 6.09 Å². The Hall–Kier alpha value is -2.24. The normalized spacial score (nSPS) is 19.8. The SMILES string of the molecule is C[C@H]1CC[C@@H](NC(=O)OC(C)(C)C)C1.NC(=O)c1cccc(O)c1. The Morgan fingerprint density at radius 2 is 1.96 bits per heavy atom. The molecule has 6 heteroatoms. The number of carbonyl (C=O) groups is 2. The fourth-order valence-corrected chi connectivity index (χ4v) is 2.47. The summed E-state index contributed by atoms with van der Waals surface area (Å²) in [7, 11) is 0. The van der Waals surface area contributed by atoms with Crippen LogP contribution in [0.4, 0.5) is 4.79 Å². The number of phenolic OH excluding ortho intramolecular Hbond substituents is 1. The first-order chi connectivity index (χ1) is 11.1. The first-order valence-corrected chi connectivity index (χ1v) is 8.15. The summed E-state index contributed by atoms with van der Waals surface area (Å²) in [5.41, 5.74) is 4.86. The van der Waals surface area contributed by atoms with E-state index in [1.807, 2.05) is 20.8 Å². The molecule has 6 nitrogen and oxygen atoms in total. The number of amides is 2. The average Bonchev–Trinajstić information content (AvgIpc) is 2.82. The summed E-state index contributed by atoms with van der Waals surface area (Å²) in [5, 5.41) is 11.8. The Morgan fingerprint density at radius 3 is 2.38 bits per heavy atom. The van der Waals surface area contributed by atoms with Gasteiger partial charge in [0.1, 0.15) is 11.4 Å². The molecule has 2 atom stereocenters. The number of aromatic hydroxyl groups is 1. The second kappa shape index (κ2) is 8.57. The first-order valence-electron chi connectivity index (χ1n) is 8.15. The molecule has 0 bridgehead atoms. The van der Waals surface area contributed by atoms with Crippen LogP contribution in [0.15, 0.2) is 24.3 Å². The van der Waals surface area contributed by atoms with Crippen molar-refractivity contribution in [3.05, 3.63) is 29.8 Å². The van der Waals surface area contributed by atoms with Crippen LogP contribution in [0.5, 0.6) is 5.75 Å². The van der Waals surface area contributed by atoms with Gasteiger partial charge in [0.15, 0.2) is 0 Å². The molecule has 1 aliphatic rings. The van der Waals surface area contributed by atoms with Crippen molar-refractivity contribution in [2.75, 3.05) is 0 Å². The van der Waals surface area contributed by atoms with E-state index in [1.165, 1.54) is 18.6 Å². The van der Waals surface area contributed by atoms with Crippen molar-refractivity contribution in [1.82, 2.24) is 5.32 Å². The lowest BCUT2D eigenvalue weighted by atomic mass is 10.1. The van der Waals surface area contributed by atoms with E-state index in [1.54, 1.807) is 12.1 Å². The molecular formula is C18H28N2O4. The van der Waals surface area contributed by atoms with Crippen LogP contribution >= 0.6 is 0 Å². The zero-order chi connectivity index (χ0) is 18.3. The lowest BCUT2D eigenvalue weighted by molar-refractivity contribution is 0.0504. The molecule has 0 aliphatic heterocycles. The van der Waals surface area contributed by atoms with Crippen molar-refractivity contribution in [2.24, 2.45) is 11.7 Å². The van der Waals surface area contributed by atoms with Crippen LogP contribution in [-0.4, -0.2) is 28.7 Å². The second-order valence-electron chi connectivity index (χ2n) is 7.18. The van der Waals surface area contributed by atoms with E-state index < -0.39 is 11.5 Å². The van der Waals surface area contributed by atoms with Gasteiger partial charge in [0, 0.05) is 11.6 Å². The molecule has 1 fully saturated rings. The van der Waals surface area contributed by atoms with Crippen LogP contribution in [0.3, 0.4) is 0 Å². The van der Waals surface area contributed by atoms with Gasteiger partial charge in [0.05, 0.1) is 0 Å². The van der Waals surface area contributed by atoms with Crippen molar-refractivity contribution < 1.29 is 19.4 Å². The van der Waals surface area contributed by atoms with Crippen LogP contribution in [0.1, 0.15) is 57.3 Å². The Labute approximate surface area is 143 Å². The van der Waals surface area contributed by atoms with Crippen molar-refractivity contribution in [2.45, 2.75) is 58.6 Å².